The van der Waals surface area contributed by atoms with Crippen LogP contribution < -0.4 is 4.83 Å². The van der Waals surface area contributed by atoms with Crippen LogP contribution >= 0.6 is 0 Å². The molecule has 1 N–H and O–H groups in total. The fraction of sp³-hybridized carbons (Fsp3) is 0.344. The zero-order valence-corrected chi connectivity index (χ0v) is 26.5. The number of ether oxygens (including phenoxy) is 1. The predicted octanol–water partition coefficient (Wildman–Crippen LogP) is 7.56. The molecule has 3 aromatic rings. The van der Waals surface area contributed by atoms with Crippen LogP contribution in [0.1, 0.15) is 50.5 Å². The molecule has 0 fully saturated rings. The molecule has 0 saturated heterocycles. The van der Waals surface area contributed by atoms with Crippen molar-refractivity contribution in [1.29, 1.82) is 0 Å². The van der Waals surface area contributed by atoms with Gasteiger partial charge in [-0.05, 0) is 66.9 Å². The van der Waals surface area contributed by atoms with Crippen LogP contribution in [-0.4, -0.2) is 29.1 Å². The summed E-state index contributed by atoms with van der Waals surface area (Å²) in [6, 6.07) is 26.2. The molecule has 0 bridgehead atoms. The van der Waals surface area contributed by atoms with E-state index in [0.717, 1.165) is 22.3 Å². The van der Waals surface area contributed by atoms with E-state index in [2.05, 4.69) is 43.8 Å². The molecule has 0 aliphatic heterocycles. The maximum Gasteiger partial charge on any atom is 0.276 e. The molecule has 40 heavy (non-hydrogen) atoms. The predicted molar refractivity (Wildman–Crippen MR) is 166 cm³/mol. The van der Waals surface area contributed by atoms with Crippen molar-refractivity contribution >= 4 is 24.1 Å². The fourth-order valence-corrected chi connectivity index (χ4v) is 5.44. The van der Waals surface area contributed by atoms with Gasteiger partial charge in [-0.3, -0.25) is 0 Å². The Hall–Kier alpha value is -3.04. The summed E-state index contributed by atoms with van der Waals surface area (Å²) in [5.41, 5.74) is 4.20. The number of aryl methyl sites for hydroxylation is 1. The molecule has 0 amide bonds. The standard InChI is InChI=1S/C32H42N2O4SSi/c1-25-18-20-29(21-19-25)39(35,36)34-33-30(22-26(2)23-38-40(6,7)32(3,4)5)31(28-16-12-9-13-17-28)37-24-27-14-10-8-11-15-27/h8-22,31,34H,23-24H2,1-7H3/b26-22-,33-30+. The third-order valence-corrected chi connectivity index (χ3v) is 12.8. The Morgan fingerprint density at radius 3 is 2.10 bits per heavy atom. The summed E-state index contributed by atoms with van der Waals surface area (Å²) in [5, 5.41) is 4.52. The van der Waals surface area contributed by atoms with Crippen molar-refractivity contribution in [3.8, 4) is 0 Å². The largest absolute Gasteiger partial charge is 0.413 e. The van der Waals surface area contributed by atoms with Gasteiger partial charge >= 0.3 is 0 Å². The van der Waals surface area contributed by atoms with Gasteiger partial charge in [-0.15, -0.1) is 0 Å². The minimum absolute atomic E-state index is 0.0687. The number of sulfonamides is 1. The van der Waals surface area contributed by atoms with Gasteiger partial charge in [-0.1, -0.05) is 99.1 Å². The zero-order chi connectivity index (χ0) is 29.4. The highest BCUT2D eigenvalue weighted by molar-refractivity contribution is 7.89. The molecule has 0 heterocycles. The molecule has 6 nitrogen and oxygen atoms in total. The Labute approximate surface area is 241 Å². The van der Waals surface area contributed by atoms with Gasteiger partial charge in [0.1, 0.15) is 6.10 Å². The Kier molecular flexibility index (Phi) is 10.7. The fourth-order valence-electron chi connectivity index (χ4n) is 3.59. The first-order valence-electron chi connectivity index (χ1n) is 13.5. The molecule has 0 spiro atoms. The van der Waals surface area contributed by atoms with Crippen LogP contribution in [0.4, 0.5) is 0 Å². The van der Waals surface area contributed by atoms with Gasteiger partial charge in [0.15, 0.2) is 8.32 Å². The molecule has 3 aromatic carbocycles. The second-order valence-corrected chi connectivity index (χ2v) is 18.0. The normalized spacial score (nSPS) is 14.2. The molecule has 0 radical (unpaired) electrons. The summed E-state index contributed by atoms with van der Waals surface area (Å²) in [6.45, 7) is 15.7. The van der Waals surface area contributed by atoms with Crippen LogP contribution in [-0.2, 0) is 25.8 Å². The van der Waals surface area contributed by atoms with Crippen molar-refractivity contribution in [2.45, 2.75) is 70.4 Å². The summed E-state index contributed by atoms with van der Waals surface area (Å²) in [5.74, 6) is 0. The summed E-state index contributed by atoms with van der Waals surface area (Å²) < 4.78 is 39.1. The first-order valence-corrected chi connectivity index (χ1v) is 17.9. The number of nitrogens with one attached hydrogen (secondary N) is 1. The van der Waals surface area contributed by atoms with E-state index in [4.69, 9.17) is 9.16 Å². The number of nitrogens with zero attached hydrogens (tertiary/aromatic N) is 1. The molecule has 214 valence electrons. The first-order chi connectivity index (χ1) is 18.8. The Balaban J connectivity index is 2.00. The summed E-state index contributed by atoms with van der Waals surface area (Å²) in [4.78, 5) is 2.59. The summed E-state index contributed by atoms with van der Waals surface area (Å²) in [6.07, 6.45) is 1.25. The molecule has 0 aromatic heterocycles. The van der Waals surface area contributed by atoms with E-state index >= 15 is 0 Å². The second kappa shape index (κ2) is 13.5. The van der Waals surface area contributed by atoms with E-state index in [-0.39, 0.29) is 9.93 Å². The Morgan fingerprint density at radius 1 is 0.950 bits per heavy atom. The molecular formula is C32H42N2O4SSi. The Morgan fingerprint density at radius 2 is 1.52 bits per heavy atom. The van der Waals surface area contributed by atoms with E-state index in [0.29, 0.717) is 18.9 Å². The highest BCUT2D eigenvalue weighted by atomic mass is 32.2. The topological polar surface area (TPSA) is 77.0 Å². The third kappa shape index (κ3) is 8.99. The average Bonchev–Trinajstić information content (AvgIpc) is 2.91. The van der Waals surface area contributed by atoms with Gasteiger partial charge in [0.25, 0.3) is 10.0 Å². The van der Waals surface area contributed by atoms with E-state index in [1.54, 1.807) is 24.3 Å². The van der Waals surface area contributed by atoms with Gasteiger partial charge in [-0.25, -0.2) is 0 Å². The van der Waals surface area contributed by atoms with Gasteiger partial charge in [-0.2, -0.15) is 18.4 Å². The smallest absolute Gasteiger partial charge is 0.276 e. The lowest BCUT2D eigenvalue weighted by Gasteiger charge is -2.36. The quantitative estimate of drug-likeness (QED) is 0.137. The third-order valence-electron chi connectivity index (χ3n) is 7.12. The van der Waals surface area contributed by atoms with Crippen molar-refractivity contribution in [1.82, 2.24) is 4.83 Å². The molecule has 1 atom stereocenters. The molecule has 1 unspecified atom stereocenters. The number of rotatable bonds is 12. The van der Waals surface area contributed by atoms with Crippen molar-refractivity contribution in [3.63, 3.8) is 0 Å². The maximum absolute atomic E-state index is 13.1. The highest BCUT2D eigenvalue weighted by Crippen LogP contribution is 2.36. The van der Waals surface area contributed by atoms with Crippen molar-refractivity contribution in [2.75, 3.05) is 6.61 Å². The number of hydrogen-bond acceptors (Lipinski definition) is 5. The molecule has 0 aliphatic rings. The summed E-state index contributed by atoms with van der Waals surface area (Å²) in [7, 11) is -5.88. The first kappa shape index (κ1) is 31.5. The SMILES string of the molecule is C/C(=C/C(=N\NS(=O)(=O)c1ccc(C)cc1)C(OCc1ccccc1)c1ccccc1)CO[Si](C)(C)C(C)(C)C. The minimum atomic E-state index is -3.89. The summed E-state index contributed by atoms with van der Waals surface area (Å²) >= 11 is 0. The van der Waals surface area contributed by atoms with Gasteiger partial charge < -0.3 is 9.16 Å². The Bertz CT molecular complexity index is 1400. The monoisotopic (exact) mass is 578 g/mol. The lowest BCUT2D eigenvalue weighted by molar-refractivity contribution is 0.0848. The molecule has 0 aliphatic carbocycles. The van der Waals surface area contributed by atoms with Crippen LogP contribution in [0.25, 0.3) is 0 Å². The van der Waals surface area contributed by atoms with E-state index in [1.807, 2.05) is 80.6 Å². The van der Waals surface area contributed by atoms with E-state index < -0.39 is 24.4 Å². The van der Waals surface area contributed by atoms with E-state index in [9.17, 15) is 8.42 Å². The average molecular weight is 579 g/mol. The molecule has 3 rings (SSSR count). The van der Waals surface area contributed by atoms with Crippen LogP contribution in [0, 0.1) is 6.92 Å². The van der Waals surface area contributed by atoms with Crippen molar-refractivity contribution in [3.05, 3.63) is 113 Å². The van der Waals surface area contributed by atoms with E-state index in [1.165, 1.54) is 0 Å². The molecule has 8 heteroatoms. The van der Waals surface area contributed by atoms with Gasteiger partial charge in [0.05, 0.1) is 23.8 Å². The van der Waals surface area contributed by atoms with Crippen molar-refractivity contribution < 1.29 is 17.6 Å². The van der Waals surface area contributed by atoms with Crippen LogP contribution in [0.15, 0.2) is 107 Å². The van der Waals surface area contributed by atoms with Gasteiger partial charge in [0.2, 0.25) is 0 Å². The molecular weight excluding hydrogens is 537 g/mol. The van der Waals surface area contributed by atoms with Crippen LogP contribution in [0.3, 0.4) is 0 Å². The maximum atomic E-state index is 13.1. The zero-order valence-electron chi connectivity index (χ0n) is 24.6. The van der Waals surface area contributed by atoms with Gasteiger partial charge in [0, 0.05) is 0 Å². The highest BCUT2D eigenvalue weighted by Gasteiger charge is 2.37. The lowest BCUT2D eigenvalue weighted by atomic mass is 10.0. The number of hydrogen-bond donors (Lipinski definition) is 1. The minimum Gasteiger partial charge on any atom is -0.413 e. The second-order valence-electron chi connectivity index (χ2n) is 11.6. The van der Waals surface area contributed by atoms with Crippen LogP contribution in [0.2, 0.25) is 18.1 Å². The molecule has 0 saturated carbocycles. The number of hydrazone groups is 1. The van der Waals surface area contributed by atoms with Crippen LogP contribution in [0.5, 0.6) is 0 Å². The van der Waals surface area contributed by atoms with Crippen molar-refractivity contribution in [2.24, 2.45) is 5.10 Å². The number of benzene rings is 3. The lowest BCUT2D eigenvalue weighted by Crippen LogP contribution is -2.41.